The molecule has 0 aliphatic carbocycles. The normalized spacial score (nSPS) is 29.2. The van der Waals surface area contributed by atoms with Crippen molar-refractivity contribution in [3.63, 3.8) is 0 Å². The van der Waals surface area contributed by atoms with Crippen molar-refractivity contribution in [1.29, 1.82) is 0 Å². The van der Waals surface area contributed by atoms with E-state index < -0.39 is 37.3 Å². The molecular weight excluding hydrogens is 336 g/mol. The lowest BCUT2D eigenvalue weighted by molar-refractivity contribution is -0.277. The minimum atomic E-state index is -1.61. The maximum absolute atomic E-state index is 11.9. The summed E-state index contributed by atoms with van der Waals surface area (Å²) in [6.07, 6.45) is -7.28. The van der Waals surface area contributed by atoms with E-state index in [0.717, 1.165) is 0 Å². The number of carbonyl (C=O) groups is 1. The Kier molecular flexibility index (Phi) is 6.20. The molecule has 25 heavy (non-hydrogen) atoms. The monoisotopic (exact) mass is 358 g/mol. The second-order valence-corrected chi connectivity index (χ2v) is 5.58. The van der Waals surface area contributed by atoms with Crippen LogP contribution in [0.1, 0.15) is 17.3 Å². The molecule has 2 rings (SSSR count). The Morgan fingerprint density at radius 3 is 2.32 bits per heavy atom. The molecule has 0 amide bonds. The lowest BCUT2D eigenvalue weighted by atomic mass is 9.99. The Morgan fingerprint density at radius 1 is 1.12 bits per heavy atom. The first kappa shape index (κ1) is 19.4. The standard InChI is InChI=1S/C16H22O9/c1-7(18)9-4-8(22-2)5-10(23-3)15(9)25-16-14(21)13(20)12(19)11(6-17)24-16/h4-5,11-14,16-17,19-21H,6H2,1-3H3/t11-,12+,13+,14-,16?/m1/s1. The van der Waals surface area contributed by atoms with E-state index >= 15 is 0 Å². The van der Waals surface area contributed by atoms with Gasteiger partial charge in [0.15, 0.2) is 17.3 Å². The molecule has 1 fully saturated rings. The topological polar surface area (TPSA) is 135 Å². The summed E-state index contributed by atoms with van der Waals surface area (Å²) in [6.45, 7) is 0.721. The highest BCUT2D eigenvalue weighted by molar-refractivity contribution is 5.98. The van der Waals surface area contributed by atoms with Crippen molar-refractivity contribution in [2.75, 3.05) is 20.8 Å². The van der Waals surface area contributed by atoms with Gasteiger partial charge in [0.05, 0.1) is 26.4 Å². The average molecular weight is 358 g/mol. The molecule has 5 atom stereocenters. The third kappa shape index (κ3) is 3.86. The smallest absolute Gasteiger partial charge is 0.229 e. The van der Waals surface area contributed by atoms with E-state index in [2.05, 4.69) is 0 Å². The van der Waals surface area contributed by atoms with E-state index in [0.29, 0.717) is 5.75 Å². The van der Waals surface area contributed by atoms with Gasteiger partial charge >= 0.3 is 0 Å². The highest BCUT2D eigenvalue weighted by atomic mass is 16.7. The second-order valence-electron chi connectivity index (χ2n) is 5.58. The van der Waals surface area contributed by atoms with Gasteiger partial charge in [0, 0.05) is 6.07 Å². The maximum Gasteiger partial charge on any atom is 0.229 e. The highest BCUT2D eigenvalue weighted by Crippen LogP contribution is 2.38. The van der Waals surface area contributed by atoms with Crippen LogP contribution in [-0.2, 0) is 4.74 Å². The first-order valence-corrected chi connectivity index (χ1v) is 7.58. The number of Topliss-reactive ketones (excluding diaryl/α,β-unsaturated/α-hetero) is 1. The Morgan fingerprint density at radius 2 is 1.80 bits per heavy atom. The van der Waals surface area contributed by atoms with E-state index in [4.69, 9.17) is 18.9 Å². The number of methoxy groups -OCH3 is 2. The first-order valence-electron chi connectivity index (χ1n) is 7.58. The molecule has 4 N–H and O–H groups in total. The maximum atomic E-state index is 11.9. The molecule has 9 heteroatoms. The molecular formula is C16H22O9. The van der Waals surface area contributed by atoms with Gasteiger partial charge in [0.1, 0.15) is 30.2 Å². The fourth-order valence-electron chi connectivity index (χ4n) is 2.51. The quantitative estimate of drug-likeness (QED) is 0.476. The van der Waals surface area contributed by atoms with Crippen molar-refractivity contribution in [3.05, 3.63) is 17.7 Å². The minimum Gasteiger partial charge on any atom is -0.497 e. The van der Waals surface area contributed by atoms with Gasteiger partial charge in [-0.2, -0.15) is 0 Å². The van der Waals surface area contributed by atoms with Gasteiger partial charge < -0.3 is 39.4 Å². The number of carbonyl (C=O) groups excluding carboxylic acids is 1. The molecule has 9 nitrogen and oxygen atoms in total. The number of hydrogen-bond acceptors (Lipinski definition) is 9. The zero-order valence-corrected chi connectivity index (χ0v) is 14.1. The fourth-order valence-corrected chi connectivity index (χ4v) is 2.51. The predicted octanol–water partition coefficient (Wildman–Crippen LogP) is -0.915. The van der Waals surface area contributed by atoms with Crippen LogP contribution in [-0.4, -0.2) is 77.7 Å². The molecule has 1 heterocycles. The molecule has 0 radical (unpaired) electrons. The van der Waals surface area contributed by atoms with E-state index in [9.17, 15) is 25.2 Å². The summed E-state index contributed by atoms with van der Waals surface area (Å²) in [4.78, 5) is 11.9. The number of ether oxygens (including phenoxy) is 4. The third-order valence-electron chi connectivity index (χ3n) is 3.95. The lowest BCUT2D eigenvalue weighted by Crippen LogP contribution is -2.60. The largest absolute Gasteiger partial charge is 0.497 e. The molecule has 0 spiro atoms. The summed E-state index contributed by atoms with van der Waals surface area (Å²) in [5.74, 6) is 0.154. The van der Waals surface area contributed by atoms with Crippen LogP contribution in [0.25, 0.3) is 0 Å². The van der Waals surface area contributed by atoms with Crippen LogP contribution in [0.4, 0.5) is 0 Å². The van der Waals surface area contributed by atoms with E-state index in [1.165, 1.54) is 33.3 Å². The van der Waals surface area contributed by atoms with Crippen LogP contribution >= 0.6 is 0 Å². The van der Waals surface area contributed by atoms with Gasteiger partial charge in [0.25, 0.3) is 0 Å². The Labute approximate surface area is 144 Å². The Bertz CT molecular complexity index is 616. The summed E-state index contributed by atoms with van der Waals surface area (Å²) in [5.41, 5.74) is 0.119. The van der Waals surface area contributed by atoms with Crippen LogP contribution in [0.5, 0.6) is 17.2 Å². The van der Waals surface area contributed by atoms with Gasteiger partial charge in [-0.25, -0.2) is 0 Å². The van der Waals surface area contributed by atoms with Crippen LogP contribution in [0, 0.1) is 0 Å². The number of ketones is 1. The summed E-state index contributed by atoms with van der Waals surface area (Å²) >= 11 is 0. The van der Waals surface area contributed by atoms with Crippen molar-refractivity contribution in [2.24, 2.45) is 0 Å². The molecule has 0 aromatic heterocycles. The third-order valence-corrected chi connectivity index (χ3v) is 3.95. The van der Waals surface area contributed by atoms with Gasteiger partial charge in [-0.05, 0) is 13.0 Å². The minimum absolute atomic E-state index is 0.0138. The number of hydrogen-bond donors (Lipinski definition) is 4. The molecule has 140 valence electrons. The fraction of sp³-hybridized carbons (Fsp3) is 0.562. The van der Waals surface area contributed by atoms with Crippen LogP contribution in [0.3, 0.4) is 0 Å². The van der Waals surface area contributed by atoms with Crippen molar-refractivity contribution in [1.82, 2.24) is 0 Å². The lowest BCUT2D eigenvalue weighted by Gasteiger charge is -2.39. The summed E-state index contributed by atoms with van der Waals surface area (Å²) < 4.78 is 21.2. The number of benzene rings is 1. The SMILES string of the molecule is COc1cc(OC)c(OC2O[C@H](CO)[C@H](O)[C@H](O)[C@H]2O)c(C(C)=O)c1. The first-order chi connectivity index (χ1) is 11.8. The Hall–Kier alpha value is -1.91. The van der Waals surface area contributed by atoms with Crippen molar-refractivity contribution in [2.45, 2.75) is 37.6 Å². The zero-order chi connectivity index (χ0) is 18.7. The molecule has 1 aromatic rings. The van der Waals surface area contributed by atoms with Crippen molar-refractivity contribution in [3.8, 4) is 17.2 Å². The molecule has 0 bridgehead atoms. The van der Waals surface area contributed by atoms with Crippen LogP contribution < -0.4 is 14.2 Å². The molecule has 1 unspecified atom stereocenters. The van der Waals surface area contributed by atoms with E-state index in [1.807, 2.05) is 0 Å². The molecule has 1 saturated heterocycles. The molecule has 0 saturated carbocycles. The van der Waals surface area contributed by atoms with Gasteiger partial charge in [0.2, 0.25) is 6.29 Å². The Balaban J connectivity index is 2.39. The van der Waals surface area contributed by atoms with Crippen molar-refractivity contribution >= 4 is 5.78 Å². The molecule has 1 aliphatic heterocycles. The summed E-state index contributed by atoms with van der Waals surface area (Å²) in [5, 5.41) is 39.0. The predicted molar refractivity (Wildman–Crippen MR) is 83.9 cm³/mol. The van der Waals surface area contributed by atoms with Gasteiger partial charge in [-0.15, -0.1) is 0 Å². The molecule has 1 aliphatic rings. The number of aliphatic hydroxyl groups excluding tert-OH is 4. The average Bonchev–Trinajstić information content (AvgIpc) is 2.61. The molecule has 1 aromatic carbocycles. The van der Waals surface area contributed by atoms with Gasteiger partial charge in [-0.1, -0.05) is 0 Å². The van der Waals surface area contributed by atoms with Gasteiger partial charge in [-0.3, -0.25) is 4.79 Å². The summed E-state index contributed by atoms with van der Waals surface area (Å²) in [6, 6.07) is 2.91. The van der Waals surface area contributed by atoms with Crippen LogP contribution in [0.15, 0.2) is 12.1 Å². The summed E-state index contributed by atoms with van der Waals surface area (Å²) in [7, 11) is 2.79. The second kappa shape index (κ2) is 7.98. The zero-order valence-electron chi connectivity index (χ0n) is 14.1. The van der Waals surface area contributed by atoms with E-state index in [1.54, 1.807) is 0 Å². The van der Waals surface area contributed by atoms with E-state index in [-0.39, 0.29) is 22.8 Å². The number of rotatable bonds is 6. The number of aliphatic hydroxyl groups is 4. The van der Waals surface area contributed by atoms with Crippen molar-refractivity contribution < 1.29 is 44.2 Å². The highest BCUT2D eigenvalue weighted by Gasteiger charge is 2.45. The van der Waals surface area contributed by atoms with Crippen LogP contribution in [0.2, 0.25) is 0 Å².